The van der Waals surface area contributed by atoms with Gasteiger partial charge in [-0.05, 0) is 28.3 Å². The van der Waals surface area contributed by atoms with E-state index in [1.807, 2.05) is 54.6 Å². The molecule has 2 aromatic rings. The van der Waals surface area contributed by atoms with Gasteiger partial charge in [0, 0.05) is 9.11 Å². The Kier molecular flexibility index (Phi) is 2.80. The van der Waals surface area contributed by atoms with Gasteiger partial charge >= 0.3 is 0 Å². The van der Waals surface area contributed by atoms with E-state index in [1.165, 1.54) is 6.08 Å². The molecule has 0 spiro atoms. The van der Waals surface area contributed by atoms with Gasteiger partial charge in [0.1, 0.15) is 0 Å². The van der Waals surface area contributed by atoms with Crippen LogP contribution in [-0.4, -0.2) is 16.3 Å². The number of rotatable bonds is 2. The van der Waals surface area contributed by atoms with Gasteiger partial charge in [-0.3, -0.25) is 0 Å². The normalized spacial score (nSPS) is 22.4. The summed E-state index contributed by atoms with van der Waals surface area (Å²) < 4.78 is 15.5. The molecule has 1 unspecified atom stereocenters. The van der Waals surface area contributed by atoms with Crippen LogP contribution in [0.25, 0.3) is 16.7 Å². The molecule has 0 bridgehead atoms. The lowest BCUT2D eigenvalue weighted by Gasteiger charge is -2.18. The van der Waals surface area contributed by atoms with Gasteiger partial charge in [-0.2, -0.15) is 0 Å². The van der Waals surface area contributed by atoms with Crippen molar-refractivity contribution in [2.24, 2.45) is 0 Å². The molecule has 0 fully saturated rings. The zero-order chi connectivity index (χ0) is 15.7. The van der Waals surface area contributed by atoms with Crippen molar-refractivity contribution in [2.75, 3.05) is 0 Å². The van der Waals surface area contributed by atoms with Gasteiger partial charge in [-0.1, -0.05) is 60.7 Å². The van der Waals surface area contributed by atoms with E-state index < -0.39 is 18.2 Å². The molecule has 0 aromatic heterocycles. The van der Waals surface area contributed by atoms with E-state index in [0.29, 0.717) is 5.57 Å². The van der Waals surface area contributed by atoms with Crippen LogP contribution in [0.1, 0.15) is 14.7 Å². The molecule has 20 heavy (non-hydrogen) atoms. The van der Waals surface area contributed by atoms with Gasteiger partial charge in [0.15, 0.2) is 0 Å². The third kappa shape index (κ3) is 2.51. The Bertz CT molecular complexity index is 731. The third-order valence-electron chi connectivity index (χ3n) is 3.33. The SMILES string of the molecule is [2H]C1([2H])C(O)=CC=C(c2ccc(-c3ccccc3)cc2)C1O. The second kappa shape index (κ2) is 5.35. The minimum Gasteiger partial charge on any atom is -0.512 e. The summed E-state index contributed by atoms with van der Waals surface area (Å²) in [6.45, 7) is 0. The fraction of sp³-hybridized carbons (Fsp3) is 0.111. The van der Waals surface area contributed by atoms with Crippen LogP contribution in [-0.2, 0) is 0 Å². The maximum Gasteiger partial charge on any atom is 0.0952 e. The maximum atomic E-state index is 10.2. The maximum absolute atomic E-state index is 10.2. The predicted molar refractivity (Wildman–Crippen MR) is 81.2 cm³/mol. The molecule has 2 N–H and O–H groups in total. The molecule has 3 rings (SSSR count). The zero-order valence-corrected chi connectivity index (χ0v) is 10.8. The van der Waals surface area contributed by atoms with Crippen molar-refractivity contribution in [3.63, 3.8) is 0 Å². The highest BCUT2D eigenvalue weighted by Crippen LogP contribution is 2.28. The van der Waals surface area contributed by atoms with E-state index in [9.17, 15) is 10.2 Å². The molecule has 2 aromatic carbocycles. The second-order valence-corrected chi connectivity index (χ2v) is 4.66. The van der Waals surface area contributed by atoms with E-state index >= 15 is 0 Å². The van der Waals surface area contributed by atoms with Gasteiger partial charge in [0.05, 0.1) is 11.9 Å². The molecular weight excluding hydrogens is 248 g/mol. The fourth-order valence-corrected chi connectivity index (χ4v) is 2.27. The first-order valence-electron chi connectivity index (χ1n) is 7.45. The fourth-order valence-electron chi connectivity index (χ4n) is 2.27. The van der Waals surface area contributed by atoms with Crippen LogP contribution >= 0.6 is 0 Å². The van der Waals surface area contributed by atoms with Crippen molar-refractivity contribution in [3.05, 3.63) is 78.1 Å². The average Bonchev–Trinajstić information content (AvgIpc) is 2.54. The first-order valence-corrected chi connectivity index (χ1v) is 6.45. The molecule has 1 aliphatic rings. The molecule has 0 radical (unpaired) electrons. The van der Waals surface area contributed by atoms with Crippen LogP contribution in [0.5, 0.6) is 0 Å². The van der Waals surface area contributed by atoms with E-state index in [-0.39, 0.29) is 0 Å². The van der Waals surface area contributed by atoms with Gasteiger partial charge in [0.2, 0.25) is 0 Å². The Labute approximate surface area is 121 Å². The number of aliphatic hydroxyl groups excluding tert-OH is 2. The van der Waals surface area contributed by atoms with Crippen molar-refractivity contribution >= 4 is 5.57 Å². The Balaban J connectivity index is 1.94. The van der Waals surface area contributed by atoms with Gasteiger partial charge in [-0.15, -0.1) is 0 Å². The Hall–Kier alpha value is -2.32. The lowest BCUT2D eigenvalue weighted by Crippen LogP contribution is -2.13. The highest BCUT2D eigenvalue weighted by molar-refractivity contribution is 5.74. The van der Waals surface area contributed by atoms with Crippen molar-refractivity contribution in [1.82, 2.24) is 0 Å². The Morgan fingerprint density at radius 1 is 0.850 bits per heavy atom. The van der Waals surface area contributed by atoms with Gasteiger partial charge in [0.25, 0.3) is 0 Å². The minimum atomic E-state index is -2.16. The number of hydrogen-bond acceptors (Lipinski definition) is 2. The van der Waals surface area contributed by atoms with Crippen LogP contribution in [0.15, 0.2) is 72.5 Å². The van der Waals surface area contributed by atoms with Crippen molar-refractivity contribution in [1.29, 1.82) is 0 Å². The Morgan fingerprint density at radius 3 is 2.15 bits per heavy atom. The molecule has 0 amide bonds. The summed E-state index contributed by atoms with van der Waals surface area (Å²) in [6.07, 6.45) is -0.700. The summed E-state index contributed by atoms with van der Waals surface area (Å²) in [5.74, 6) is -0.454. The van der Waals surface area contributed by atoms with Crippen LogP contribution in [0.2, 0.25) is 0 Å². The van der Waals surface area contributed by atoms with E-state index in [1.54, 1.807) is 6.08 Å². The highest BCUT2D eigenvalue weighted by atomic mass is 16.3. The standard InChI is InChI=1S/C18H16O2/c19-16-10-11-17(18(20)12-16)15-8-6-14(7-9-15)13-4-2-1-3-5-13/h1-11,18-20H,12H2/i12D2. The summed E-state index contributed by atoms with van der Waals surface area (Å²) in [7, 11) is 0. The first kappa shape index (κ1) is 10.5. The molecule has 2 nitrogen and oxygen atoms in total. The van der Waals surface area contributed by atoms with Gasteiger partial charge in [-0.25, -0.2) is 0 Å². The molecular formula is C18H16O2. The average molecular weight is 266 g/mol. The van der Waals surface area contributed by atoms with Crippen LogP contribution in [0.3, 0.4) is 0 Å². The number of benzene rings is 2. The van der Waals surface area contributed by atoms with Crippen LogP contribution < -0.4 is 0 Å². The third-order valence-corrected chi connectivity index (χ3v) is 3.33. The van der Waals surface area contributed by atoms with Gasteiger partial charge < -0.3 is 10.2 Å². The predicted octanol–water partition coefficient (Wildman–Crippen LogP) is 3.94. The topological polar surface area (TPSA) is 40.5 Å². The zero-order valence-electron chi connectivity index (χ0n) is 12.8. The first-order chi connectivity index (χ1) is 10.5. The van der Waals surface area contributed by atoms with E-state index in [2.05, 4.69) is 0 Å². The molecule has 0 heterocycles. The highest BCUT2D eigenvalue weighted by Gasteiger charge is 2.17. The van der Waals surface area contributed by atoms with Crippen molar-refractivity contribution in [2.45, 2.75) is 12.5 Å². The van der Waals surface area contributed by atoms with E-state index in [4.69, 9.17) is 2.74 Å². The van der Waals surface area contributed by atoms with E-state index in [0.717, 1.165) is 16.7 Å². The number of allylic oxidation sites excluding steroid dienone is 2. The molecule has 100 valence electrons. The monoisotopic (exact) mass is 266 g/mol. The molecule has 0 saturated carbocycles. The summed E-state index contributed by atoms with van der Waals surface area (Å²) in [5, 5.41) is 19.7. The second-order valence-electron chi connectivity index (χ2n) is 4.66. The largest absolute Gasteiger partial charge is 0.512 e. The van der Waals surface area contributed by atoms with Crippen LogP contribution in [0, 0.1) is 0 Å². The quantitative estimate of drug-likeness (QED) is 0.864. The molecule has 0 aliphatic heterocycles. The smallest absolute Gasteiger partial charge is 0.0952 e. The summed E-state index contributed by atoms with van der Waals surface area (Å²) in [4.78, 5) is 0. The molecule has 1 atom stereocenters. The number of aliphatic hydroxyl groups is 2. The van der Waals surface area contributed by atoms with Crippen molar-refractivity contribution in [3.8, 4) is 11.1 Å². The van der Waals surface area contributed by atoms with Crippen molar-refractivity contribution < 1.29 is 13.0 Å². The number of hydrogen-bond donors (Lipinski definition) is 2. The lowest BCUT2D eigenvalue weighted by molar-refractivity contribution is 0.208. The molecule has 2 heteroatoms. The van der Waals surface area contributed by atoms with Crippen LogP contribution in [0.4, 0.5) is 0 Å². The Morgan fingerprint density at radius 2 is 1.45 bits per heavy atom. The molecule has 1 aliphatic carbocycles. The molecule has 0 saturated heterocycles. The lowest BCUT2D eigenvalue weighted by atomic mass is 9.92. The summed E-state index contributed by atoms with van der Waals surface area (Å²) in [5.41, 5.74) is 3.35. The summed E-state index contributed by atoms with van der Waals surface area (Å²) >= 11 is 0. The summed E-state index contributed by atoms with van der Waals surface area (Å²) in [6, 6.07) is 17.5. The minimum absolute atomic E-state index is 0.454.